The Labute approximate surface area is 123 Å². The van der Waals surface area contributed by atoms with Crippen LogP contribution in [0, 0.1) is 0 Å². The lowest BCUT2D eigenvalue weighted by Crippen LogP contribution is -2.26. The number of benzene rings is 1. The maximum atomic E-state index is 11.8. The largest absolute Gasteiger partial charge is 0.494 e. The van der Waals surface area contributed by atoms with Crippen LogP contribution in [0.2, 0.25) is 0 Å². The number of rotatable bonds is 7. The van der Waals surface area contributed by atoms with Gasteiger partial charge < -0.3 is 15.5 Å². The SMILES string of the molecule is NNc1ccc(C(=O)NCCCOc2ccccc2)nc1. The Morgan fingerprint density at radius 1 is 1.19 bits per heavy atom. The van der Waals surface area contributed by atoms with Gasteiger partial charge in [0.2, 0.25) is 0 Å². The van der Waals surface area contributed by atoms with Crippen LogP contribution in [0.5, 0.6) is 5.75 Å². The number of ether oxygens (including phenoxy) is 1. The number of nitrogens with zero attached hydrogens (tertiary/aromatic N) is 1. The molecule has 0 spiro atoms. The van der Waals surface area contributed by atoms with E-state index in [2.05, 4.69) is 15.7 Å². The van der Waals surface area contributed by atoms with Crippen LogP contribution in [0.1, 0.15) is 16.9 Å². The van der Waals surface area contributed by atoms with Crippen LogP contribution in [0.25, 0.3) is 0 Å². The minimum absolute atomic E-state index is 0.210. The fourth-order valence-corrected chi connectivity index (χ4v) is 1.68. The summed E-state index contributed by atoms with van der Waals surface area (Å²) in [6.45, 7) is 1.08. The van der Waals surface area contributed by atoms with Crippen molar-refractivity contribution in [2.24, 2.45) is 5.84 Å². The number of nitrogens with one attached hydrogen (secondary N) is 2. The molecule has 0 aliphatic heterocycles. The van der Waals surface area contributed by atoms with Crippen LogP contribution in [0.3, 0.4) is 0 Å². The Hall–Kier alpha value is -2.60. The highest BCUT2D eigenvalue weighted by Gasteiger charge is 2.05. The van der Waals surface area contributed by atoms with Gasteiger partial charge in [-0.25, -0.2) is 4.98 Å². The first-order valence-corrected chi connectivity index (χ1v) is 6.68. The first kappa shape index (κ1) is 14.8. The van der Waals surface area contributed by atoms with E-state index in [-0.39, 0.29) is 5.91 Å². The number of hydrogen-bond donors (Lipinski definition) is 3. The van der Waals surface area contributed by atoms with E-state index in [0.29, 0.717) is 24.5 Å². The minimum Gasteiger partial charge on any atom is -0.494 e. The summed E-state index contributed by atoms with van der Waals surface area (Å²) < 4.78 is 5.53. The van der Waals surface area contributed by atoms with Gasteiger partial charge in [0, 0.05) is 6.54 Å². The fourth-order valence-electron chi connectivity index (χ4n) is 1.68. The molecular formula is C15H18N4O2. The Kier molecular flexibility index (Phi) is 5.54. The zero-order valence-corrected chi connectivity index (χ0v) is 11.6. The van der Waals surface area contributed by atoms with Crippen molar-refractivity contribution in [2.75, 3.05) is 18.6 Å². The molecule has 0 saturated carbocycles. The quantitative estimate of drug-likeness (QED) is 0.408. The molecule has 0 aliphatic rings. The van der Waals surface area contributed by atoms with E-state index in [1.54, 1.807) is 12.1 Å². The van der Waals surface area contributed by atoms with Gasteiger partial charge in [0.05, 0.1) is 18.5 Å². The van der Waals surface area contributed by atoms with Crippen molar-refractivity contribution in [3.63, 3.8) is 0 Å². The molecule has 0 bridgehead atoms. The lowest BCUT2D eigenvalue weighted by atomic mass is 10.3. The number of para-hydroxylation sites is 1. The van der Waals surface area contributed by atoms with E-state index in [4.69, 9.17) is 10.6 Å². The Morgan fingerprint density at radius 2 is 2.00 bits per heavy atom. The zero-order chi connectivity index (χ0) is 14.9. The van der Waals surface area contributed by atoms with E-state index in [1.807, 2.05) is 30.3 Å². The maximum Gasteiger partial charge on any atom is 0.269 e. The second-order valence-corrected chi connectivity index (χ2v) is 4.35. The number of amides is 1. The van der Waals surface area contributed by atoms with Crippen LogP contribution >= 0.6 is 0 Å². The van der Waals surface area contributed by atoms with Crippen LogP contribution in [-0.2, 0) is 0 Å². The summed E-state index contributed by atoms with van der Waals surface area (Å²) in [6, 6.07) is 12.9. The summed E-state index contributed by atoms with van der Waals surface area (Å²) in [6.07, 6.45) is 2.23. The molecule has 1 aromatic carbocycles. The van der Waals surface area contributed by atoms with Crippen LogP contribution in [-0.4, -0.2) is 24.0 Å². The van der Waals surface area contributed by atoms with Gasteiger partial charge >= 0.3 is 0 Å². The summed E-state index contributed by atoms with van der Waals surface area (Å²) in [5.74, 6) is 5.85. The molecule has 6 heteroatoms. The number of carbonyl (C=O) groups excluding carboxylic acids is 1. The number of pyridine rings is 1. The third-order valence-electron chi connectivity index (χ3n) is 2.78. The van der Waals surface area contributed by atoms with Crippen molar-refractivity contribution >= 4 is 11.6 Å². The van der Waals surface area contributed by atoms with Crippen molar-refractivity contribution in [3.8, 4) is 5.75 Å². The van der Waals surface area contributed by atoms with Gasteiger partial charge in [-0.2, -0.15) is 0 Å². The topological polar surface area (TPSA) is 89.3 Å². The lowest BCUT2D eigenvalue weighted by Gasteiger charge is -2.07. The molecule has 6 nitrogen and oxygen atoms in total. The number of hydrogen-bond acceptors (Lipinski definition) is 5. The molecule has 0 unspecified atom stereocenters. The number of carbonyl (C=O) groups is 1. The molecule has 0 saturated heterocycles. The number of hydrazine groups is 1. The van der Waals surface area contributed by atoms with Crippen LogP contribution in [0.15, 0.2) is 48.7 Å². The van der Waals surface area contributed by atoms with Crippen molar-refractivity contribution in [1.29, 1.82) is 0 Å². The Bertz CT molecular complexity index is 558. The average molecular weight is 286 g/mol. The van der Waals surface area contributed by atoms with Crippen molar-refractivity contribution < 1.29 is 9.53 Å². The molecule has 4 N–H and O–H groups in total. The number of anilines is 1. The summed E-state index contributed by atoms with van der Waals surface area (Å²) in [4.78, 5) is 15.8. The third kappa shape index (κ3) is 4.77. The van der Waals surface area contributed by atoms with Crippen LogP contribution in [0.4, 0.5) is 5.69 Å². The predicted molar refractivity (Wildman–Crippen MR) is 80.9 cm³/mol. The summed E-state index contributed by atoms with van der Waals surface area (Å²) in [5, 5.41) is 2.79. The highest BCUT2D eigenvalue weighted by Crippen LogP contribution is 2.08. The molecule has 0 atom stereocenters. The molecular weight excluding hydrogens is 268 g/mol. The standard InChI is InChI=1S/C15H18N4O2/c16-19-12-7-8-14(18-11-12)15(20)17-9-4-10-21-13-5-2-1-3-6-13/h1-3,5-8,11,19H,4,9-10,16H2,(H,17,20). The first-order valence-electron chi connectivity index (χ1n) is 6.68. The first-order chi connectivity index (χ1) is 10.3. The van der Waals surface area contributed by atoms with Gasteiger partial charge in [-0.3, -0.25) is 10.6 Å². The van der Waals surface area contributed by atoms with Gasteiger partial charge in [-0.15, -0.1) is 0 Å². The van der Waals surface area contributed by atoms with Crippen molar-refractivity contribution in [2.45, 2.75) is 6.42 Å². The van der Waals surface area contributed by atoms with Gasteiger partial charge in [0.1, 0.15) is 11.4 Å². The second-order valence-electron chi connectivity index (χ2n) is 4.35. The molecule has 0 fully saturated rings. The Morgan fingerprint density at radius 3 is 2.67 bits per heavy atom. The molecule has 2 rings (SSSR count). The number of aromatic nitrogens is 1. The molecule has 1 amide bonds. The fraction of sp³-hybridized carbons (Fsp3) is 0.200. The third-order valence-corrected chi connectivity index (χ3v) is 2.78. The summed E-state index contributed by atoms with van der Waals surface area (Å²) in [7, 11) is 0. The highest BCUT2D eigenvalue weighted by atomic mass is 16.5. The lowest BCUT2D eigenvalue weighted by molar-refractivity contribution is 0.0946. The molecule has 1 heterocycles. The van der Waals surface area contributed by atoms with Gasteiger partial charge in [0.15, 0.2) is 0 Å². The smallest absolute Gasteiger partial charge is 0.269 e. The van der Waals surface area contributed by atoms with Crippen molar-refractivity contribution in [1.82, 2.24) is 10.3 Å². The zero-order valence-electron chi connectivity index (χ0n) is 11.6. The van der Waals surface area contributed by atoms with Crippen LogP contribution < -0.4 is 21.3 Å². The maximum absolute atomic E-state index is 11.8. The average Bonchev–Trinajstić information content (AvgIpc) is 2.55. The normalized spacial score (nSPS) is 9.95. The summed E-state index contributed by atoms with van der Waals surface area (Å²) >= 11 is 0. The molecule has 0 aliphatic carbocycles. The van der Waals surface area contributed by atoms with Gasteiger partial charge in [0.25, 0.3) is 5.91 Å². The van der Waals surface area contributed by atoms with Gasteiger partial charge in [-0.1, -0.05) is 18.2 Å². The summed E-state index contributed by atoms with van der Waals surface area (Å²) in [5.41, 5.74) is 3.47. The number of nitrogens with two attached hydrogens (primary N) is 1. The van der Waals surface area contributed by atoms with E-state index >= 15 is 0 Å². The minimum atomic E-state index is -0.210. The number of nitrogen functional groups attached to an aromatic ring is 1. The molecule has 110 valence electrons. The monoisotopic (exact) mass is 286 g/mol. The van der Waals surface area contributed by atoms with Crippen molar-refractivity contribution in [3.05, 3.63) is 54.4 Å². The highest BCUT2D eigenvalue weighted by molar-refractivity contribution is 5.92. The molecule has 21 heavy (non-hydrogen) atoms. The van der Waals surface area contributed by atoms with E-state index in [1.165, 1.54) is 6.20 Å². The van der Waals surface area contributed by atoms with E-state index in [0.717, 1.165) is 12.2 Å². The predicted octanol–water partition coefficient (Wildman–Crippen LogP) is 1.57. The molecule has 2 aromatic rings. The Balaban J connectivity index is 1.67. The molecule has 1 aromatic heterocycles. The van der Waals surface area contributed by atoms with Gasteiger partial charge in [-0.05, 0) is 30.7 Å². The molecule has 0 radical (unpaired) electrons. The second kappa shape index (κ2) is 7.86. The van der Waals surface area contributed by atoms with E-state index < -0.39 is 0 Å². The van der Waals surface area contributed by atoms with E-state index in [9.17, 15) is 4.79 Å².